The Morgan fingerprint density at radius 1 is 1.07 bits per heavy atom. The molecule has 0 radical (unpaired) electrons. The van der Waals surface area contributed by atoms with Crippen molar-refractivity contribution >= 4 is 21.4 Å². The molecule has 7 nitrogen and oxygen atoms in total. The SMILES string of the molecule is COc1nccc(-c2cccc(NCCN)c2)c1NS(=O)(=O)c1ccccc1. The third kappa shape index (κ3) is 4.41. The average molecular weight is 398 g/mol. The molecule has 0 amide bonds. The number of pyridine rings is 1. The molecule has 0 aliphatic rings. The van der Waals surface area contributed by atoms with Gasteiger partial charge in [0.2, 0.25) is 5.88 Å². The van der Waals surface area contributed by atoms with Crippen LogP contribution in [0.1, 0.15) is 0 Å². The minimum Gasteiger partial charge on any atom is -0.479 e. The van der Waals surface area contributed by atoms with Gasteiger partial charge in [-0.3, -0.25) is 4.72 Å². The number of benzene rings is 2. The lowest BCUT2D eigenvalue weighted by atomic mass is 10.0. The number of rotatable bonds is 8. The van der Waals surface area contributed by atoms with Crippen LogP contribution < -0.4 is 20.5 Å². The van der Waals surface area contributed by atoms with E-state index in [9.17, 15) is 8.42 Å². The first-order valence-corrected chi connectivity index (χ1v) is 10.2. The van der Waals surface area contributed by atoms with Crippen LogP contribution in [0.25, 0.3) is 11.1 Å². The topological polar surface area (TPSA) is 106 Å². The lowest BCUT2D eigenvalue weighted by Crippen LogP contribution is -2.15. The van der Waals surface area contributed by atoms with Crippen LogP contribution in [-0.2, 0) is 10.0 Å². The fourth-order valence-corrected chi connectivity index (χ4v) is 3.84. The van der Waals surface area contributed by atoms with Crippen molar-refractivity contribution in [3.8, 4) is 17.0 Å². The summed E-state index contributed by atoms with van der Waals surface area (Å²) in [4.78, 5) is 4.31. The molecule has 0 saturated heterocycles. The molecular weight excluding hydrogens is 376 g/mol. The number of nitrogens with one attached hydrogen (secondary N) is 2. The second kappa shape index (κ2) is 8.73. The van der Waals surface area contributed by atoms with Crippen molar-refractivity contribution in [1.29, 1.82) is 0 Å². The van der Waals surface area contributed by atoms with E-state index in [1.807, 2.05) is 24.3 Å². The number of nitrogens with two attached hydrogens (primary N) is 1. The number of ether oxygens (including phenoxy) is 1. The van der Waals surface area contributed by atoms with Crippen molar-refractivity contribution in [2.45, 2.75) is 4.90 Å². The van der Waals surface area contributed by atoms with E-state index in [4.69, 9.17) is 10.5 Å². The van der Waals surface area contributed by atoms with Gasteiger partial charge in [0.15, 0.2) is 0 Å². The Kier molecular flexibility index (Phi) is 6.13. The Balaban J connectivity index is 2.05. The normalized spacial score (nSPS) is 11.1. The molecule has 0 saturated carbocycles. The van der Waals surface area contributed by atoms with E-state index in [0.717, 1.165) is 11.3 Å². The molecule has 1 aromatic heterocycles. The van der Waals surface area contributed by atoms with Crippen LogP contribution in [0.5, 0.6) is 5.88 Å². The summed E-state index contributed by atoms with van der Waals surface area (Å²) in [6.45, 7) is 1.14. The molecule has 0 atom stereocenters. The highest BCUT2D eigenvalue weighted by Crippen LogP contribution is 2.36. The van der Waals surface area contributed by atoms with E-state index >= 15 is 0 Å². The molecule has 0 fully saturated rings. The van der Waals surface area contributed by atoms with E-state index in [2.05, 4.69) is 15.0 Å². The van der Waals surface area contributed by atoms with Gasteiger partial charge < -0.3 is 15.8 Å². The van der Waals surface area contributed by atoms with E-state index in [1.165, 1.54) is 19.2 Å². The Bertz CT molecular complexity index is 1040. The molecule has 0 spiro atoms. The number of hydrogen-bond acceptors (Lipinski definition) is 6. The third-order valence-electron chi connectivity index (χ3n) is 4.05. The van der Waals surface area contributed by atoms with Crippen LogP contribution >= 0.6 is 0 Å². The predicted molar refractivity (Wildman–Crippen MR) is 111 cm³/mol. The number of hydrogen-bond donors (Lipinski definition) is 3. The average Bonchev–Trinajstić information content (AvgIpc) is 2.73. The molecule has 3 aromatic rings. The summed E-state index contributed by atoms with van der Waals surface area (Å²) >= 11 is 0. The lowest BCUT2D eigenvalue weighted by Gasteiger charge is -2.16. The first-order valence-electron chi connectivity index (χ1n) is 8.70. The molecule has 0 aliphatic carbocycles. The summed E-state index contributed by atoms with van der Waals surface area (Å²) in [6.07, 6.45) is 1.58. The predicted octanol–water partition coefficient (Wildman–Crippen LogP) is 2.93. The summed E-state index contributed by atoms with van der Waals surface area (Å²) in [5.74, 6) is 0.192. The van der Waals surface area contributed by atoms with Gasteiger partial charge in [-0.05, 0) is 35.9 Å². The van der Waals surface area contributed by atoms with Crippen LogP contribution in [0.2, 0.25) is 0 Å². The minimum atomic E-state index is -3.80. The highest BCUT2D eigenvalue weighted by Gasteiger charge is 2.20. The van der Waals surface area contributed by atoms with Crippen molar-refractivity contribution in [3.63, 3.8) is 0 Å². The Morgan fingerprint density at radius 2 is 1.86 bits per heavy atom. The summed E-state index contributed by atoms with van der Waals surface area (Å²) in [7, 11) is -2.35. The van der Waals surface area contributed by atoms with Gasteiger partial charge in [0.1, 0.15) is 5.69 Å². The lowest BCUT2D eigenvalue weighted by molar-refractivity contribution is 0.400. The zero-order chi connectivity index (χ0) is 20.0. The number of sulfonamides is 1. The van der Waals surface area contributed by atoms with Crippen molar-refractivity contribution in [2.75, 3.05) is 30.2 Å². The summed E-state index contributed by atoms with van der Waals surface area (Å²) in [5.41, 5.74) is 8.18. The first-order chi connectivity index (χ1) is 13.5. The maximum atomic E-state index is 12.8. The zero-order valence-corrected chi connectivity index (χ0v) is 16.2. The van der Waals surface area contributed by atoms with Gasteiger partial charge in [-0.2, -0.15) is 0 Å². The Labute approximate surface area is 164 Å². The van der Waals surface area contributed by atoms with E-state index in [0.29, 0.717) is 18.7 Å². The van der Waals surface area contributed by atoms with Crippen molar-refractivity contribution in [3.05, 3.63) is 66.9 Å². The summed E-state index contributed by atoms with van der Waals surface area (Å²) in [5, 5.41) is 3.22. The monoisotopic (exact) mass is 398 g/mol. The van der Waals surface area contributed by atoms with Gasteiger partial charge in [-0.15, -0.1) is 0 Å². The fraction of sp³-hybridized carbons (Fsp3) is 0.150. The van der Waals surface area contributed by atoms with Gasteiger partial charge >= 0.3 is 0 Å². The maximum Gasteiger partial charge on any atom is 0.262 e. The van der Waals surface area contributed by atoms with Crippen LogP contribution in [0.4, 0.5) is 11.4 Å². The van der Waals surface area contributed by atoms with Crippen LogP contribution in [0.3, 0.4) is 0 Å². The van der Waals surface area contributed by atoms with Crippen molar-refractivity contribution < 1.29 is 13.2 Å². The third-order valence-corrected chi connectivity index (χ3v) is 5.41. The van der Waals surface area contributed by atoms with Crippen LogP contribution in [-0.4, -0.2) is 33.6 Å². The van der Waals surface area contributed by atoms with Gasteiger partial charge in [-0.25, -0.2) is 13.4 Å². The molecule has 28 heavy (non-hydrogen) atoms. The minimum absolute atomic E-state index is 0.158. The standard InChI is InChI=1S/C20H22N4O3S/c1-27-20-19(24-28(25,26)17-8-3-2-4-9-17)18(10-12-23-20)15-6-5-7-16(14-15)22-13-11-21/h2-10,12,14,22,24H,11,13,21H2,1H3. The first kappa shape index (κ1) is 19.7. The van der Waals surface area contributed by atoms with Crippen molar-refractivity contribution in [1.82, 2.24) is 4.98 Å². The molecule has 4 N–H and O–H groups in total. The summed E-state index contributed by atoms with van der Waals surface area (Å²) in [6, 6.07) is 17.5. The molecule has 1 heterocycles. The molecule has 0 bridgehead atoms. The van der Waals surface area contributed by atoms with Gasteiger partial charge in [0, 0.05) is 30.5 Å². The molecule has 3 rings (SSSR count). The number of anilines is 2. The highest BCUT2D eigenvalue weighted by molar-refractivity contribution is 7.92. The smallest absolute Gasteiger partial charge is 0.262 e. The summed E-state index contributed by atoms with van der Waals surface area (Å²) < 4.78 is 33.6. The molecule has 2 aromatic carbocycles. The number of methoxy groups -OCH3 is 1. The van der Waals surface area contributed by atoms with Gasteiger partial charge in [0.05, 0.1) is 12.0 Å². The van der Waals surface area contributed by atoms with Crippen LogP contribution in [0, 0.1) is 0 Å². The molecule has 8 heteroatoms. The van der Waals surface area contributed by atoms with Gasteiger partial charge in [0.25, 0.3) is 10.0 Å². The molecule has 146 valence electrons. The number of aromatic nitrogens is 1. The maximum absolute atomic E-state index is 12.8. The van der Waals surface area contributed by atoms with E-state index < -0.39 is 10.0 Å². The largest absolute Gasteiger partial charge is 0.479 e. The molecule has 0 unspecified atom stereocenters. The molecular formula is C20H22N4O3S. The zero-order valence-electron chi connectivity index (χ0n) is 15.4. The van der Waals surface area contributed by atoms with Gasteiger partial charge in [-0.1, -0.05) is 30.3 Å². The van der Waals surface area contributed by atoms with Crippen molar-refractivity contribution in [2.24, 2.45) is 5.73 Å². The van der Waals surface area contributed by atoms with E-state index in [1.54, 1.807) is 30.5 Å². The second-order valence-corrected chi connectivity index (χ2v) is 7.64. The fourth-order valence-electron chi connectivity index (χ4n) is 2.74. The Morgan fingerprint density at radius 3 is 2.57 bits per heavy atom. The van der Waals surface area contributed by atoms with Crippen LogP contribution in [0.15, 0.2) is 71.8 Å². The highest BCUT2D eigenvalue weighted by atomic mass is 32.2. The second-order valence-electron chi connectivity index (χ2n) is 5.96. The quantitative estimate of drug-likeness (QED) is 0.539. The van der Waals surface area contributed by atoms with E-state index in [-0.39, 0.29) is 16.5 Å². The number of nitrogens with zero attached hydrogens (tertiary/aromatic N) is 1. The molecule has 0 aliphatic heterocycles. The Hall–Kier alpha value is -3.10.